The fourth-order valence-electron chi connectivity index (χ4n) is 2.21. The van der Waals surface area contributed by atoms with Gasteiger partial charge in [-0.1, -0.05) is 12.1 Å². The topological polar surface area (TPSA) is 76.1 Å². The van der Waals surface area contributed by atoms with Crippen molar-refractivity contribution in [2.45, 2.75) is 6.54 Å². The van der Waals surface area contributed by atoms with Crippen LogP contribution in [0.4, 0.5) is 15.9 Å². The highest BCUT2D eigenvalue weighted by atomic mass is 19.1. The summed E-state index contributed by atoms with van der Waals surface area (Å²) in [5, 5.41) is 13.7. The fourth-order valence-corrected chi connectivity index (χ4v) is 2.21. The van der Waals surface area contributed by atoms with Crippen LogP contribution < -0.4 is 15.4 Å². The van der Waals surface area contributed by atoms with E-state index in [0.29, 0.717) is 18.1 Å². The Morgan fingerprint density at radius 3 is 2.35 bits per heavy atom. The molecule has 0 fully saturated rings. The average molecular weight is 352 g/mol. The predicted octanol–water partition coefficient (Wildman–Crippen LogP) is 3.49. The lowest BCUT2D eigenvalue weighted by atomic mass is 10.2. The first-order valence-electron chi connectivity index (χ1n) is 7.91. The van der Waals surface area contributed by atoms with Crippen LogP contribution in [-0.4, -0.2) is 23.2 Å². The van der Waals surface area contributed by atoms with E-state index in [-0.39, 0.29) is 11.5 Å². The molecule has 0 saturated heterocycles. The van der Waals surface area contributed by atoms with Crippen LogP contribution in [-0.2, 0) is 6.54 Å². The van der Waals surface area contributed by atoms with E-state index in [4.69, 9.17) is 4.74 Å². The van der Waals surface area contributed by atoms with Gasteiger partial charge in [-0.15, -0.1) is 10.2 Å². The molecule has 0 aliphatic carbocycles. The average Bonchev–Trinajstić information content (AvgIpc) is 2.69. The Balaban J connectivity index is 1.56. The van der Waals surface area contributed by atoms with Crippen LogP contribution >= 0.6 is 0 Å². The van der Waals surface area contributed by atoms with Crippen LogP contribution in [0, 0.1) is 5.82 Å². The molecule has 0 unspecified atom stereocenters. The van der Waals surface area contributed by atoms with Crippen LogP contribution in [0.2, 0.25) is 0 Å². The van der Waals surface area contributed by atoms with Gasteiger partial charge in [0, 0.05) is 12.2 Å². The zero-order chi connectivity index (χ0) is 18.4. The van der Waals surface area contributed by atoms with Crippen molar-refractivity contribution < 1.29 is 13.9 Å². The second-order valence-electron chi connectivity index (χ2n) is 5.47. The van der Waals surface area contributed by atoms with Gasteiger partial charge in [0.25, 0.3) is 5.91 Å². The van der Waals surface area contributed by atoms with Crippen molar-refractivity contribution in [2.24, 2.45) is 0 Å². The fraction of sp³-hybridized carbons (Fsp3) is 0.105. The zero-order valence-corrected chi connectivity index (χ0v) is 14.1. The minimum atomic E-state index is -0.411. The maximum absolute atomic E-state index is 12.9. The van der Waals surface area contributed by atoms with E-state index in [9.17, 15) is 9.18 Å². The Labute approximate surface area is 150 Å². The normalized spacial score (nSPS) is 10.2. The maximum atomic E-state index is 12.9. The highest BCUT2D eigenvalue weighted by Gasteiger charge is 2.09. The van der Waals surface area contributed by atoms with E-state index < -0.39 is 5.91 Å². The largest absolute Gasteiger partial charge is 0.497 e. The third-order valence-corrected chi connectivity index (χ3v) is 3.63. The molecule has 3 aromatic rings. The SMILES string of the molecule is COc1ccc(CNc2ccc(C(=O)Nc3ccc(F)cc3)nn2)cc1. The van der Waals surface area contributed by atoms with Crippen LogP contribution in [0.3, 0.4) is 0 Å². The number of anilines is 2. The highest BCUT2D eigenvalue weighted by Crippen LogP contribution is 2.13. The summed E-state index contributed by atoms with van der Waals surface area (Å²) in [5.74, 6) is 0.574. The molecule has 2 aromatic carbocycles. The number of halogens is 1. The molecule has 0 radical (unpaired) electrons. The lowest BCUT2D eigenvalue weighted by molar-refractivity contribution is 0.102. The smallest absolute Gasteiger partial charge is 0.276 e. The summed E-state index contributed by atoms with van der Waals surface area (Å²) >= 11 is 0. The van der Waals surface area contributed by atoms with Gasteiger partial charge in [0.1, 0.15) is 17.4 Å². The predicted molar refractivity (Wildman–Crippen MR) is 96.7 cm³/mol. The number of carbonyl (C=O) groups excluding carboxylic acids is 1. The van der Waals surface area contributed by atoms with Gasteiger partial charge in [-0.05, 0) is 54.1 Å². The van der Waals surface area contributed by atoms with Crippen LogP contribution in [0.25, 0.3) is 0 Å². The van der Waals surface area contributed by atoms with Crippen molar-refractivity contribution in [1.82, 2.24) is 10.2 Å². The third-order valence-electron chi connectivity index (χ3n) is 3.63. The second kappa shape index (κ2) is 8.06. The molecule has 26 heavy (non-hydrogen) atoms. The van der Waals surface area contributed by atoms with Crippen molar-refractivity contribution in [1.29, 1.82) is 0 Å². The number of ether oxygens (including phenoxy) is 1. The molecule has 3 rings (SSSR count). The standard InChI is InChI=1S/C19H17FN4O2/c1-26-16-8-2-13(3-9-16)12-21-18-11-10-17(23-24-18)19(25)22-15-6-4-14(20)5-7-15/h2-11H,12H2,1H3,(H,21,24)(H,22,25). The first-order valence-corrected chi connectivity index (χ1v) is 7.91. The summed E-state index contributed by atoms with van der Waals surface area (Å²) in [4.78, 5) is 12.1. The number of amides is 1. The molecule has 0 atom stereocenters. The van der Waals surface area contributed by atoms with Gasteiger partial charge in [-0.25, -0.2) is 4.39 Å². The molecule has 0 bridgehead atoms. The zero-order valence-electron chi connectivity index (χ0n) is 14.1. The van der Waals surface area contributed by atoms with Crippen molar-refractivity contribution in [3.63, 3.8) is 0 Å². The van der Waals surface area contributed by atoms with E-state index in [1.165, 1.54) is 24.3 Å². The molecular formula is C19H17FN4O2. The molecular weight excluding hydrogens is 335 g/mol. The van der Waals surface area contributed by atoms with Crippen molar-refractivity contribution in [3.8, 4) is 5.75 Å². The van der Waals surface area contributed by atoms with Gasteiger partial charge in [0.15, 0.2) is 5.69 Å². The number of benzene rings is 2. The van der Waals surface area contributed by atoms with Crippen LogP contribution in [0.5, 0.6) is 5.75 Å². The van der Waals surface area contributed by atoms with Crippen molar-refractivity contribution in [3.05, 3.63) is 77.7 Å². The van der Waals surface area contributed by atoms with E-state index in [1.54, 1.807) is 19.2 Å². The molecule has 0 aliphatic rings. The van der Waals surface area contributed by atoms with Crippen LogP contribution in [0.1, 0.15) is 16.1 Å². The van der Waals surface area contributed by atoms with Gasteiger partial charge in [-0.3, -0.25) is 4.79 Å². The Hall–Kier alpha value is -3.48. The molecule has 1 heterocycles. The lowest BCUT2D eigenvalue weighted by Gasteiger charge is -2.07. The molecule has 1 aromatic heterocycles. The number of hydrogen-bond donors (Lipinski definition) is 2. The number of carbonyl (C=O) groups is 1. The molecule has 7 heteroatoms. The van der Waals surface area contributed by atoms with E-state index in [1.807, 2.05) is 24.3 Å². The summed E-state index contributed by atoms with van der Waals surface area (Å²) in [6.07, 6.45) is 0. The quantitative estimate of drug-likeness (QED) is 0.710. The third kappa shape index (κ3) is 4.54. The summed E-state index contributed by atoms with van der Waals surface area (Å²) in [6, 6.07) is 16.4. The Kier molecular flexibility index (Phi) is 5.38. The molecule has 0 aliphatic heterocycles. The molecule has 1 amide bonds. The minimum Gasteiger partial charge on any atom is -0.497 e. The summed E-state index contributed by atoms with van der Waals surface area (Å²) in [6.45, 7) is 0.569. The lowest BCUT2D eigenvalue weighted by Crippen LogP contribution is -2.14. The van der Waals surface area contributed by atoms with Gasteiger partial charge in [-0.2, -0.15) is 0 Å². The number of hydrogen-bond acceptors (Lipinski definition) is 5. The molecule has 2 N–H and O–H groups in total. The van der Waals surface area contributed by atoms with Gasteiger partial charge in [0.2, 0.25) is 0 Å². The molecule has 0 saturated carbocycles. The van der Waals surface area contributed by atoms with Crippen molar-refractivity contribution in [2.75, 3.05) is 17.7 Å². The van der Waals surface area contributed by atoms with Gasteiger partial charge < -0.3 is 15.4 Å². The second-order valence-corrected chi connectivity index (χ2v) is 5.47. The van der Waals surface area contributed by atoms with Gasteiger partial charge >= 0.3 is 0 Å². The van der Waals surface area contributed by atoms with Crippen LogP contribution in [0.15, 0.2) is 60.7 Å². The summed E-state index contributed by atoms with van der Waals surface area (Å²) in [5.41, 5.74) is 1.72. The molecule has 6 nitrogen and oxygen atoms in total. The number of aromatic nitrogens is 2. The number of rotatable bonds is 6. The minimum absolute atomic E-state index is 0.171. The Morgan fingerprint density at radius 2 is 1.73 bits per heavy atom. The monoisotopic (exact) mass is 352 g/mol. The molecule has 132 valence electrons. The first kappa shape index (κ1) is 17.3. The highest BCUT2D eigenvalue weighted by molar-refractivity contribution is 6.02. The maximum Gasteiger partial charge on any atom is 0.276 e. The summed E-state index contributed by atoms with van der Waals surface area (Å²) < 4.78 is 18.0. The molecule has 0 spiro atoms. The number of nitrogens with zero attached hydrogens (tertiary/aromatic N) is 2. The van der Waals surface area contributed by atoms with E-state index >= 15 is 0 Å². The Morgan fingerprint density at radius 1 is 1.00 bits per heavy atom. The number of nitrogens with one attached hydrogen (secondary N) is 2. The van der Waals surface area contributed by atoms with E-state index in [0.717, 1.165) is 11.3 Å². The number of methoxy groups -OCH3 is 1. The van der Waals surface area contributed by atoms with Crippen molar-refractivity contribution >= 4 is 17.4 Å². The summed E-state index contributed by atoms with van der Waals surface area (Å²) in [7, 11) is 1.62. The van der Waals surface area contributed by atoms with Gasteiger partial charge in [0.05, 0.1) is 7.11 Å². The Bertz CT molecular complexity index is 866. The van der Waals surface area contributed by atoms with E-state index in [2.05, 4.69) is 20.8 Å². The first-order chi connectivity index (χ1) is 12.6.